The predicted molar refractivity (Wildman–Crippen MR) is 71.8 cm³/mol. The van der Waals surface area contributed by atoms with Crippen molar-refractivity contribution in [1.29, 1.82) is 0 Å². The molecule has 0 aliphatic heterocycles. The molecule has 0 heterocycles. The molecule has 1 fully saturated rings. The van der Waals surface area contributed by atoms with Gasteiger partial charge in [0, 0.05) is 0 Å². The van der Waals surface area contributed by atoms with Crippen LogP contribution in [-0.2, 0) is 4.79 Å². The lowest BCUT2D eigenvalue weighted by atomic mass is 10.0. The van der Waals surface area contributed by atoms with E-state index in [0.29, 0.717) is 0 Å². The van der Waals surface area contributed by atoms with Gasteiger partial charge in [-0.2, -0.15) is 0 Å². The fraction of sp³-hybridized carbons (Fsp3) is 0.786. The van der Waals surface area contributed by atoms with Crippen molar-refractivity contribution in [3.63, 3.8) is 0 Å². The van der Waals surface area contributed by atoms with Crippen LogP contribution in [0.1, 0.15) is 71.1 Å². The molecule has 18 heavy (non-hydrogen) atoms. The summed E-state index contributed by atoms with van der Waals surface area (Å²) in [6, 6.07) is 0. The molecule has 0 saturated heterocycles. The van der Waals surface area contributed by atoms with Gasteiger partial charge in [0.05, 0.1) is 0 Å². The number of aliphatic carboxylic acids is 1. The predicted octanol–water partition coefficient (Wildman–Crippen LogP) is 4.32. The van der Waals surface area contributed by atoms with Gasteiger partial charge in [0.15, 0.2) is 0 Å². The van der Waals surface area contributed by atoms with E-state index in [-0.39, 0.29) is 0 Å². The van der Waals surface area contributed by atoms with Gasteiger partial charge in [0.2, 0.25) is 0 Å². The van der Waals surface area contributed by atoms with E-state index >= 15 is 0 Å². The van der Waals surface area contributed by atoms with E-state index in [1.54, 1.807) is 0 Å². The molecule has 1 aliphatic carbocycles. The third-order valence-electron chi connectivity index (χ3n) is 3.16. The zero-order valence-corrected chi connectivity index (χ0v) is 11.3. The Balaban J connectivity index is 0.000000331. The van der Waals surface area contributed by atoms with Gasteiger partial charge in [0.1, 0.15) is 5.57 Å². The minimum absolute atomic E-state index is 0.454. The lowest BCUT2D eigenvalue weighted by molar-refractivity contribution is -0.133. The zero-order chi connectivity index (χ0) is 13.8. The molecule has 0 atom stereocenters. The summed E-state index contributed by atoms with van der Waals surface area (Å²) >= 11 is 0. The second-order valence-electron chi connectivity index (χ2n) is 4.79. The standard InChI is InChI=1S/C10H20.C4H6O4/c1-2-4-6-8-10-9-7-5-3-1;1-2(3(5)6)4(7)8/h1-10H2;5-6H,1H3,(H,7,8). The van der Waals surface area contributed by atoms with Crippen molar-refractivity contribution in [3.05, 3.63) is 11.5 Å². The van der Waals surface area contributed by atoms with Crippen LogP contribution in [0, 0.1) is 0 Å². The molecule has 0 unspecified atom stereocenters. The fourth-order valence-corrected chi connectivity index (χ4v) is 1.86. The summed E-state index contributed by atoms with van der Waals surface area (Å²) in [6.45, 7) is 1.09. The summed E-state index contributed by atoms with van der Waals surface area (Å²) in [5.74, 6) is -2.47. The molecule has 0 aromatic rings. The second kappa shape index (κ2) is 10.9. The van der Waals surface area contributed by atoms with Crippen molar-refractivity contribution in [1.82, 2.24) is 0 Å². The van der Waals surface area contributed by atoms with Gasteiger partial charge >= 0.3 is 5.97 Å². The number of hydrogen-bond donors (Lipinski definition) is 3. The molecule has 0 bridgehead atoms. The number of aliphatic hydroxyl groups excluding tert-OH is 1. The van der Waals surface area contributed by atoms with E-state index in [0.717, 1.165) is 6.92 Å². The first-order valence-corrected chi connectivity index (χ1v) is 6.87. The second-order valence-corrected chi connectivity index (χ2v) is 4.79. The maximum atomic E-state index is 9.76. The molecule has 0 spiro atoms. The number of hydrogen-bond acceptors (Lipinski definition) is 3. The Morgan fingerprint density at radius 3 is 0.944 bits per heavy atom. The van der Waals surface area contributed by atoms with Gasteiger partial charge < -0.3 is 15.3 Å². The average molecular weight is 258 g/mol. The minimum atomic E-state index is -1.33. The monoisotopic (exact) mass is 258 g/mol. The average Bonchev–Trinajstić information content (AvgIpc) is 2.36. The molecule has 0 aromatic carbocycles. The smallest absolute Gasteiger partial charge is 0.338 e. The Bertz CT molecular complexity index is 221. The van der Waals surface area contributed by atoms with Crippen molar-refractivity contribution in [2.45, 2.75) is 71.1 Å². The number of carbonyl (C=O) groups is 1. The highest BCUT2D eigenvalue weighted by molar-refractivity contribution is 5.85. The molecule has 3 N–H and O–H groups in total. The Labute approximate surface area is 109 Å². The number of rotatable bonds is 1. The van der Waals surface area contributed by atoms with E-state index in [1.165, 1.54) is 64.2 Å². The third kappa shape index (κ3) is 10.00. The van der Waals surface area contributed by atoms with E-state index < -0.39 is 17.5 Å². The molecular weight excluding hydrogens is 232 g/mol. The van der Waals surface area contributed by atoms with Crippen molar-refractivity contribution >= 4 is 5.97 Å². The van der Waals surface area contributed by atoms with Crippen molar-refractivity contribution in [2.24, 2.45) is 0 Å². The molecule has 106 valence electrons. The van der Waals surface area contributed by atoms with Gasteiger partial charge in [-0.15, -0.1) is 0 Å². The maximum Gasteiger partial charge on any atom is 0.338 e. The first kappa shape index (κ1) is 16.8. The summed E-state index contributed by atoms with van der Waals surface area (Å²) in [6.07, 6.45) is 15.0. The van der Waals surface area contributed by atoms with Crippen molar-refractivity contribution in [2.75, 3.05) is 0 Å². The number of aliphatic hydroxyl groups is 2. The Morgan fingerprint density at radius 2 is 0.889 bits per heavy atom. The van der Waals surface area contributed by atoms with E-state index in [1.807, 2.05) is 0 Å². The van der Waals surface area contributed by atoms with Crippen LogP contribution in [0.25, 0.3) is 0 Å². The van der Waals surface area contributed by atoms with Crippen LogP contribution in [0.3, 0.4) is 0 Å². The summed E-state index contributed by atoms with van der Waals surface area (Å²) in [7, 11) is 0. The van der Waals surface area contributed by atoms with E-state index in [2.05, 4.69) is 0 Å². The van der Waals surface area contributed by atoms with E-state index in [4.69, 9.17) is 15.3 Å². The first-order valence-electron chi connectivity index (χ1n) is 6.87. The topological polar surface area (TPSA) is 77.8 Å². The van der Waals surface area contributed by atoms with Gasteiger partial charge in [0.25, 0.3) is 5.95 Å². The molecule has 4 heteroatoms. The Hall–Kier alpha value is -1.19. The molecular formula is C14H26O4. The van der Waals surface area contributed by atoms with Crippen LogP contribution in [-0.4, -0.2) is 21.3 Å². The third-order valence-corrected chi connectivity index (χ3v) is 3.16. The minimum Gasteiger partial charge on any atom is -0.481 e. The highest BCUT2D eigenvalue weighted by atomic mass is 16.5. The largest absolute Gasteiger partial charge is 0.481 e. The summed E-state index contributed by atoms with van der Waals surface area (Å²) < 4.78 is 0. The maximum absolute atomic E-state index is 9.76. The normalized spacial score (nSPS) is 16.9. The van der Waals surface area contributed by atoms with Crippen LogP contribution >= 0.6 is 0 Å². The van der Waals surface area contributed by atoms with Crippen LogP contribution in [0.4, 0.5) is 0 Å². The highest BCUT2D eigenvalue weighted by Crippen LogP contribution is 2.15. The lowest BCUT2D eigenvalue weighted by Gasteiger charge is -2.05. The van der Waals surface area contributed by atoms with Crippen LogP contribution in [0.15, 0.2) is 11.5 Å². The fourth-order valence-electron chi connectivity index (χ4n) is 1.86. The molecule has 1 rings (SSSR count). The Kier molecular flexibility index (Phi) is 10.2. The molecule has 0 radical (unpaired) electrons. The number of carboxylic acids is 1. The zero-order valence-electron chi connectivity index (χ0n) is 11.3. The van der Waals surface area contributed by atoms with Gasteiger partial charge in [-0.05, 0) is 6.92 Å². The molecule has 4 nitrogen and oxygen atoms in total. The van der Waals surface area contributed by atoms with Crippen LogP contribution in [0.2, 0.25) is 0 Å². The van der Waals surface area contributed by atoms with Crippen LogP contribution < -0.4 is 0 Å². The SMILES string of the molecule is C1CCCCCCCCC1.CC(C(=O)O)=C(O)O. The first-order chi connectivity index (χ1) is 8.55. The van der Waals surface area contributed by atoms with Crippen LogP contribution in [0.5, 0.6) is 0 Å². The quantitative estimate of drug-likeness (QED) is 0.483. The lowest BCUT2D eigenvalue weighted by Crippen LogP contribution is -1.99. The molecule has 0 aromatic heterocycles. The molecule has 0 amide bonds. The number of carboxylic acid groups (broad SMARTS) is 1. The molecule has 1 saturated carbocycles. The highest BCUT2D eigenvalue weighted by Gasteiger charge is 2.04. The van der Waals surface area contributed by atoms with Gasteiger partial charge in [-0.1, -0.05) is 64.2 Å². The molecule has 1 aliphatic rings. The van der Waals surface area contributed by atoms with E-state index in [9.17, 15) is 4.79 Å². The van der Waals surface area contributed by atoms with Gasteiger partial charge in [-0.25, -0.2) is 4.79 Å². The summed E-state index contributed by atoms with van der Waals surface area (Å²) in [5, 5.41) is 24.1. The summed E-state index contributed by atoms with van der Waals surface area (Å²) in [4.78, 5) is 9.76. The van der Waals surface area contributed by atoms with Gasteiger partial charge in [-0.3, -0.25) is 0 Å². The van der Waals surface area contributed by atoms with Crippen molar-refractivity contribution < 1.29 is 20.1 Å². The van der Waals surface area contributed by atoms with Crippen molar-refractivity contribution in [3.8, 4) is 0 Å². The summed E-state index contributed by atoms with van der Waals surface area (Å²) in [5.41, 5.74) is -0.454. The Morgan fingerprint density at radius 1 is 0.667 bits per heavy atom.